The molecular formula is C20H23N3O. The van der Waals surface area contributed by atoms with Crippen LogP contribution in [0.15, 0.2) is 35.1 Å². The number of aromatic nitrogens is 1. The van der Waals surface area contributed by atoms with Crippen molar-refractivity contribution in [3.63, 3.8) is 0 Å². The third-order valence-corrected chi connectivity index (χ3v) is 4.69. The molecule has 2 aromatic rings. The molecule has 124 valence electrons. The highest BCUT2D eigenvalue weighted by Crippen LogP contribution is 2.23. The molecule has 0 radical (unpaired) electrons. The van der Waals surface area contributed by atoms with Crippen molar-refractivity contribution < 1.29 is 0 Å². The molecule has 4 nitrogen and oxygen atoms in total. The number of aromatic amines is 1. The third kappa shape index (κ3) is 3.58. The average molecular weight is 321 g/mol. The highest BCUT2D eigenvalue weighted by Gasteiger charge is 2.16. The Labute approximate surface area is 142 Å². The SMILES string of the molecule is Cc1cc(-c2ccc(CN3CCCC(C)C3)cc2)c(C#N)c(=O)[nH]1. The number of H-pyrrole nitrogens is 1. The van der Waals surface area contributed by atoms with E-state index in [1.165, 1.54) is 18.4 Å². The smallest absolute Gasteiger partial charge is 0.266 e. The van der Waals surface area contributed by atoms with Gasteiger partial charge in [-0.05, 0) is 49.4 Å². The van der Waals surface area contributed by atoms with E-state index in [9.17, 15) is 10.1 Å². The summed E-state index contributed by atoms with van der Waals surface area (Å²) in [5, 5.41) is 9.27. The van der Waals surface area contributed by atoms with E-state index in [1.54, 1.807) is 0 Å². The predicted octanol–water partition coefficient (Wildman–Crippen LogP) is 3.45. The van der Waals surface area contributed by atoms with Crippen molar-refractivity contribution in [1.82, 2.24) is 9.88 Å². The summed E-state index contributed by atoms with van der Waals surface area (Å²) in [5.41, 5.74) is 3.51. The Morgan fingerprint density at radius 3 is 2.75 bits per heavy atom. The van der Waals surface area contributed by atoms with Crippen LogP contribution in [-0.4, -0.2) is 23.0 Å². The molecule has 2 heterocycles. The summed E-state index contributed by atoms with van der Waals surface area (Å²) in [6.07, 6.45) is 2.60. The Hall–Kier alpha value is -2.38. The molecule has 0 spiro atoms. The van der Waals surface area contributed by atoms with Crippen molar-refractivity contribution in [3.05, 3.63) is 57.5 Å². The molecule has 3 rings (SSSR count). The lowest BCUT2D eigenvalue weighted by Gasteiger charge is -2.30. The summed E-state index contributed by atoms with van der Waals surface area (Å²) in [4.78, 5) is 17.1. The number of nitriles is 1. The van der Waals surface area contributed by atoms with Gasteiger partial charge in [-0.1, -0.05) is 31.2 Å². The van der Waals surface area contributed by atoms with Crippen LogP contribution in [0.25, 0.3) is 11.1 Å². The lowest BCUT2D eigenvalue weighted by Crippen LogP contribution is -2.33. The minimum atomic E-state index is -0.320. The van der Waals surface area contributed by atoms with Gasteiger partial charge in [-0.2, -0.15) is 5.26 Å². The van der Waals surface area contributed by atoms with Crippen LogP contribution in [0.4, 0.5) is 0 Å². The van der Waals surface area contributed by atoms with Crippen molar-refractivity contribution >= 4 is 0 Å². The zero-order valence-corrected chi connectivity index (χ0v) is 14.3. The van der Waals surface area contributed by atoms with E-state index in [0.29, 0.717) is 5.56 Å². The van der Waals surface area contributed by atoms with Gasteiger partial charge in [0.2, 0.25) is 0 Å². The van der Waals surface area contributed by atoms with Crippen LogP contribution in [0.3, 0.4) is 0 Å². The molecule has 1 aromatic heterocycles. The first-order chi connectivity index (χ1) is 11.6. The second kappa shape index (κ2) is 7.02. The zero-order valence-electron chi connectivity index (χ0n) is 14.3. The van der Waals surface area contributed by atoms with Gasteiger partial charge in [0, 0.05) is 24.3 Å². The van der Waals surface area contributed by atoms with Gasteiger partial charge in [0.15, 0.2) is 0 Å². The van der Waals surface area contributed by atoms with Gasteiger partial charge in [-0.3, -0.25) is 9.69 Å². The molecule has 0 saturated carbocycles. The van der Waals surface area contributed by atoms with Crippen LogP contribution in [0.1, 0.15) is 36.6 Å². The number of benzene rings is 1. The van der Waals surface area contributed by atoms with Crippen LogP contribution in [-0.2, 0) is 6.54 Å². The third-order valence-electron chi connectivity index (χ3n) is 4.69. The number of rotatable bonds is 3. The number of pyridine rings is 1. The van der Waals surface area contributed by atoms with E-state index in [1.807, 2.05) is 31.2 Å². The summed E-state index contributed by atoms with van der Waals surface area (Å²) >= 11 is 0. The Bertz CT molecular complexity index is 814. The fourth-order valence-corrected chi connectivity index (χ4v) is 3.51. The predicted molar refractivity (Wildman–Crippen MR) is 95.6 cm³/mol. The van der Waals surface area contributed by atoms with Gasteiger partial charge < -0.3 is 4.98 Å². The van der Waals surface area contributed by atoms with Gasteiger partial charge in [-0.15, -0.1) is 0 Å². The number of nitrogens with one attached hydrogen (secondary N) is 1. The number of nitrogens with zero attached hydrogens (tertiary/aromatic N) is 2. The van der Waals surface area contributed by atoms with Crippen molar-refractivity contribution in [2.24, 2.45) is 5.92 Å². The fraction of sp³-hybridized carbons (Fsp3) is 0.400. The molecule has 1 aromatic carbocycles. The molecule has 0 amide bonds. The van der Waals surface area contributed by atoms with Gasteiger partial charge in [0.25, 0.3) is 5.56 Å². The topological polar surface area (TPSA) is 59.9 Å². The zero-order chi connectivity index (χ0) is 17.1. The van der Waals surface area contributed by atoms with Crippen molar-refractivity contribution in [2.45, 2.75) is 33.2 Å². The summed E-state index contributed by atoms with van der Waals surface area (Å²) in [5.74, 6) is 0.773. The number of hydrogen-bond donors (Lipinski definition) is 1. The summed E-state index contributed by atoms with van der Waals surface area (Å²) in [6.45, 7) is 7.43. The van der Waals surface area contributed by atoms with Crippen LogP contribution in [0.5, 0.6) is 0 Å². The molecule has 1 N–H and O–H groups in total. The maximum atomic E-state index is 11.9. The molecule has 1 atom stereocenters. The Morgan fingerprint density at radius 2 is 2.08 bits per heavy atom. The second-order valence-corrected chi connectivity index (χ2v) is 6.86. The first kappa shape index (κ1) is 16.5. The highest BCUT2D eigenvalue weighted by atomic mass is 16.1. The lowest BCUT2D eigenvalue weighted by molar-refractivity contribution is 0.176. The first-order valence-electron chi connectivity index (χ1n) is 8.52. The van der Waals surface area contributed by atoms with Crippen molar-refractivity contribution in [3.8, 4) is 17.2 Å². The van der Waals surface area contributed by atoms with E-state index >= 15 is 0 Å². The number of hydrogen-bond acceptors (Lipinski definition) is 3. The monoisotopic (exact) mass is 321 g/mol. The fourth-order valence-electron chi connectivity index (χ4n) is 3.51. The lowest BCUT2D eigenvalue weighted by atomic mass is 9.98. The molecule has 1 saturated heterocycles. The van der Waals surface area contributed by atoms with Gasteiger partial charge >= 0.3 is 0 Å². The minimum Gasteiger partial charge on any atom is -0.325 e. The van der Waals surface area contributed by atoms with E-state index < -0.39 is 0 Å². The Kier molecular flexibility index (Phi) is 4.82. The van der Waals surface area contributed by atoms with E-state index in [-0.39, 0.29) is 11.1 Å². The molecule has 4 heteroatoms. The van der Waals surface area contributed by atoms with E-state index in [4.69, 9.17) is 0 Å². The Balaban J connectivity index is 1.83. The molecule has 24 heavy (non-hydrogen) atoms. The molecule has 1 unspecified atom stereocenters. The molecule has 0 bridgehead atoms. The van der Waals surface area contributed by atoms with Crippen molar-refractivity contribution in [2.75, 3.05) is 13.1 Å². The van der Waals surface area contributed by atoms with Crippen LogP contribution < -0.4 is 5.56 Å². The first-order valence-corrected chi connectivity index (χ1v) is 8.52. The van der Waals surface area contributed by atoms with E-state index in [0.717, 1.165) is 36.8 Å². The largest absolute Gasteiger partial charge is 0.325 e. The van der Waals surface area contributed by atoms with Gasteiger partial charge in [0.05, 0.1) is 0 Å². The number of likely N-dealkylation sites (tertiary alicyclic amines) is 1. The summed E-state index contributed by atoms with van der Waals surface area (Å²) in [7, 11) is 0. The van der Waals surface area contributed by atoms with Crippen LogP contribution in [0, 0.1) is 24.2 Å². The molecular weight excluding hydrogens is 298 g/mol. The summed E-state index contributed by atoms with van der Waals surface area (Å²) < 4.78 is 0. The summed E-state index contributed by atoms with van der Waals surface area (Å²) in [6, 6.07) is 12.1. The maximum absolute atomic E-state index is 11.9. The Morgan fingerprint density at radius 1 is 1.33 bits per heavy atom. The highest BCUT2D eigenvalue weighted by molar-refractivity contribution is 5.70. The molecule has 0 aliphatic carbocycles. The van der Waals surface area contributed by atoms with Crippen molar-refractivity contribution in [1.29, 1.82) is 5.26 Å². The second-order valence-electron chi connectivity index (χ2n) is 6.86. The van der Waals surface area contributed by atoms with Crippen LogP contribution >= 0.6 is 0 Å². The number of aryl methyl sites for hydroxylation is 1. The molecule has 1 fully saturated rings. The van der Waals surface area contributed by atoms with E-state index in [2.05, 4.69) is 28.9 Å². The average Bonchev–Trinajstić information content (AvgIpc) is 2.55. The minimum absolute atomic E-state index is 0.179. The van der Waals surface area contributed by atoms with Gasteiger partial charge in [-0.25, -0.2) is 0 Å². The quantitative estimate of drug-likeness (QED) is 0.942. The van der Waals surface area contributed by atoms with Gasteiger partial charge in [0.1, 0.15) is 11.6 Å². The van der Waals surface area contributed by atoms with Crippen LogP contribution in [0.2, 0.25) is 0 Å². The standard InChI is InChI=1S/C20H23N3O/c1-14-4-3-9-23(12-14)13-16-5-7-17(8-6-16)18-10-15(2)22-20(24)19(18)11-21/h5-8,10,14H,3-4,9,12-13H2,1-2H3,(H,22,24). The normalized spacial score (nSPS) is 18.3. The molecule has 1 aliphatic rings. The number of piperidine rings is 1. The maximum Gasteiger partial charge on any atom is 0.266 e. The molecule has 1 aliphatic heterocycles.